The van der Waals surface area contributed by atoms with E-state index in [0.717, 1.165) is 31.6 Å². The van der Waals surface area contributed by atoms with Crippen molar-refractivity contribution in [1.82, 2.24) is 4.98 Å². The van der Waals surface area contributed by atoms with Crippen LogP contribution in [0.25, 0.3) is 0 Å². The normalized spacial score (nSPS) is 10.3. The predicted molar refractivity (Wildman–Crippen MR) is 41.1 cm³/mol. The fraction of sp³-hybridized carbons (Fsp3) is 0.625. The largest absolute Gasteiger partial charge is 0.449 e. The molecule has 0 saturated carbocycles. The lowest BCUT2D eigenvalue weighted by Crippen LogP contribution is -1.87. The van der Waals surface area contributed by atoms with Crippen molar-refractivity contribution in [2.45, 2.75) is 25.7 Å². The van der Waals surface area contributed by atoms with Crippen molar-refractivity contribution >= 4 is 0 Å². The minimum Gasteiger partial charge on any atom is -0.449 e. The molecule has 0 unspecified atom stereocenters. The number of aryl methyl sites for hydroxylation is 1. The highest BCUT2D eigenvalue weighted by molar-refractivity contribution is 4.79. The molecule has 0 aliphatic rings. The Bertz CT molecular complexity index is 172. The van der Waals surface area contributed by atoms with Crippen LogP contribution < -0.4 is 0 Å². The lowest BCUT2D eigenvalue weighted by molar-refractivity contribution is 0.282. The van der Waals surface area contributed by atoms with Crippen LogP contribution in [0.3, 0.4) is 0 Å². The summed E-state index contributed by atoms with van der Waals surface area (Å²) in [4.78, 5) is 3.98. The summed E-state index contributed by atoms with van der Waals surface area (Å²) in [6.07, 6.45) is 7.08. The van der Waals surface area contributed by atoms with E-state index in [0.29, 0.717) is 0 Å². The van der Waals surface area contributed by atoms with E-state index >= 15 is 0 Å². The SMILES string of the molecule is OCCCCCc1ncco1. The highest BCUT2D eigenvalue weighted by Crippen LogP contribution is 2.03. The summed E-state index contributed by atoms with van der Waals surface area (Å²) in [5, 5.41) is 8.48. The zero-order chi connectivity index (χ0) is 7.94. The average molecular weight is 155 g/mol. The second kappa shape index (κ2) is 4.91. The molecule has 0 amide bonds. The summed E-state index contributed by atoms with van der Waals surface area (Å²) in [7, 11) is 0. The van der Waals surface area contributed by atoms with E-state index < -0.39 is 0 Å². The topological polar surface area (TPSA) is 46.3 Å². The highest BCUT2D eigenvalue weighted by Gasteiger charge is 1.95. The van der Waals surface area contributed by atoms with E-state index in [1.165, 1.54) is 0 Å². The van der Waals surface area contributed by atoms with Gasteiger partial charge in [-0.1, -0.05) is 6.42 Å². The summed E-state index contributed by atoms with van der Waals surface area (Å²) in [6, 6.07) is 0. The molecule has 0 fully saturated rings. The van der Waals surface area contributed by atoms with E-state index in [9.17, 15) is 0 Å². The monoisotopic (exact) mass is 155 g/mol. The van der Waals surface area contributed by atoms with Gasteiger partial charge in [0.05, 0.1) is 6.20 Å². The Balaban J connectivity index is 2.04. The molecule has 0 saturated heterocycles. The maximum Gasteiger partial charge on any atom is 0.193 e. The summed E-state index contributed by atoms with van der Waals surface area (Å²) in [5.41, 5.74) is 0. The third-order valence-electron chi connectivity index (χ3n) is 1.53. The van der Waals surface area contributed by atoms with E-state index in [2.05, 4.69) is 4.98 Å². The van der Waals surface area contributed by atoms with Gasteiger partial charge in [0.25, 0.3) is 0 Å². The van der Waals surface area contributed by atoms with Crippen molar-refractivity contribution in [3.8, 4) is 0 Å². The van der Waals surface area contributed by atoms with Crippen LogP contribution in [0.5, 0.6) is 0 Å². The number of rotatable bonds is 5. The van der Waals surface area contributed by atoms with Crippen molar-refractivity contribution in [3.05, 3.63) is 18.4 Å². The van der Waals surface area contributed by atoms with Crippen molar-refractivity contribution in [2.75, 3.05) is 6.61 Å². The van der Waals surface area contributed by atoms with Crippen molar-refractivity contribution in [1.29, 1.82) is 0 Å². The molecular weight excluding hydrogens is 142 g/mol. The van der Waals surface area contributed by atoms with Gasteiger partial charge in [-0.2, -0.15) is 0 Å². The second-order valence-electron chi connectivity index (χ2n) is 2.46. The zero-order valence-corrected chi connectivity index (χ0v) is 6.49. The van der Waals surface area contributed by atoms with E-state index in [1.807, 2.05) is 0 Å². The second-order valence-corrected chi connectivity index (χ2v) is 2.46. The molecule has 1 N–H and O–H groups in total. The van der Waals surface area contributed by atoms with E-state index in [1.54, 1.807) is 12.5 Å². The van der Waals surface area contributed by atoms with Crippen LogP contribution in [0.4, 0.5) is 0 Å². The third kappa shape index (κ3) is 3.18. The number of aromatic nitrogens is 1. The predicted octanol–water partition coefficient (Wildman–Crippen LogP) is 1.38. The van der Waals surface area contributed by atoms with Gasteiger partial charge in [-0.15, -0.1) is 0 Å². The maximum atomic E-state index is 8.48. The van der Waals surface area contributed by atoms with Crippen molar-refractivity contribution < 1.29 is 9.52 Å². The van der Waals surface area contributed by atoms with Crippen molar-refractivity contribution in [2.24, 2.45) is 0 Å². The molecule has 1 aromatic rings. The quantitative estimate of drug-likeness (QED) is 0.653. The molecule has 0 aliphatic heterocycles. The Kier molecular flexibility index (Phi) is 3.69. The van der Waals surface area contributed by atoms with Gasteiger partial charge in [-0.25, -0.2) is 4.98 Å². The van der Waals surface area contributed by atoms with Gasteiger partial charge in [0.1, 0.15) is 6.26 Å². The molecule has 3 nitrogen and oxygen atoms in total. The van der Waals surface area contributed by atoms with Gasteiger partial charge in [-0.3, -0.25) is 0 Å². The van der Waals surface area contributed by atoms with E-state index in [4.69, 9.17) is 9.52 Å². The third-order valence-corrected chi connectivity index (χ3v) is 1.53. The first-order chi connectivity index (χ1) is 5.43. The van der Waals surface area contributed by atoms with Crippen LogP contribution in [0.1, 0.15) is 25.2 Å². The number of hydrogen-bond acceptors (Lipinski definition) is 3. The molecule has 1 rings (SSSR count). The number of hydrogen-bond donors (Lipinski definition) is 1. The molecule has 3 heteroatoms. The summed E-state index contributed by atoms with van der Waals surface area (Å²) in [6.45, 7) is 0.283. The average Bonchev–Trinajstić information content (AvgIpc) is 2.50. The molecule has 0 aromatic carbocycles. The van der Waals surface area contributed by atoms with Gasteiger partial charge < -0.3 is 9.52 Å². The fourth-order valence-electron chi connectivity index (χ4n) is 0.941. The molecule has 11 heavy (non-hydrogen) atoms. The standard InChI is InChI=1S/C8H13NO2/c10-6-3-1-2-4-8-9-5-7-11-8/h5,7,10H,1-4,6H2. The van der Waals surface area contributed by atoms with Gasteiger partial charge in [0, 0.05) is 13.0 Å². The Morgan fingerprint density at radius 1 is 1.36 bits per heavy atom. The molecular formula is C8H13NO2. The summed E-state index contributed by atoms with van der Waals surface area (Å²) >= 11 is 0. The minimum atomic E-state index is 0.283. The number of nitrogens with zero attached hydrogens (tertiary/aromatic N) is 1. The van der Waals surface area contributed by atoms with Gasteiger partial charge in [-0.05, 0) is 12.8 Å². The Hall–Kier alpha value is -0.830. The highest BCUT2D eigenvalue weighted by atomic mass is 16.3. The smallest absolute Gasteiger partial charge is 0.193 e. The molecule has 62 valence electrons. The van der Waals surface area contributed by atoms with Gasteiger partial charge >= 0.3 is 0 Å². The summed E-state index contributed by atoms with van der Waals surface area (Å²) < 4.78 is 5.04. The zero-order valence-electron chi connectivity index (χ0n) is 6.49. The van der Waals surface area contributed by atoms with Gasteiger partial charge in [0.15, 0.2) is 5.89 Å². The number of oxazole rings is 1. The number of aliphatic hydroxyl groups excluding tert-OH is 1. The van der Waals surface area contributed by atoms with Crippen LogP contribution in [0, 0.1) is 0 Å². The van der Waals surface area contributed by atoms with Crippen LogP contribution in [0.15, 0.2) is 16.9 Å². The molecule has 1 aromatic heterocycles. The number of unbranched alkanes of at least 4 members (excludes halogenated alkanes) is 2. The van der Waals surface area contributed by atoms with Crippen LogP contribution in [0.2, 0.25) is 0 Å². The van der Waals surface area contributed by atoms with Gasteiger partial charge in [0.2, 0.25) is 0 Å². The molecule has 1 heterocycles. The molecule has 0 spiro atoms. The Morgan fingerprint density at radius 2 is 2.27 bits per heavy atom. The first kappa shape index (κ1) is 8.27. The fourth-order valence-corrected chi connectivity index (χ4v) is 0.941. The first-order valence-electron chi connectivity index (χ1n) is 3.92. The van der Waals surface area contributed by atoms with Crippen LogP contribution in [-0.2, 0) is 6.42 Å². The molecule has 0 radical (unpaired) electrons. The molecule has 0 atom stereocenters. The Labute approximate surface area is 66.1 Å². The molecule has 0 aliphatic carbocycles. The first-order valence-corrected chi connectivity index (χ1v) is 3.92. The lowest BCUT2D eigenvalue weighted by atomic mass is 10.2. The van der Waals surface area contributed by atoms with Crippen LogP contribution >= 0.6 is 0 Å². The minimum absolute atomic E-state index is 0.283. The van der Waals surface area contributed by atoms with Crippen LogP contribution in [-0.4, -0.2) is 16.7 Å². The summed E-state index contributed by atoms with van der Waals surface area (Å²) in [5.74, 6) is 0.794. The lowest BCUT2D eigenvalue weighted by Gasteiger charge is -1.94. The maximum absolute atomic E-state index is 8.48. The Morgan fingerprint density at radius 3 is 2.91 bits per heavy atom. The van der Waals surface area contributed by atoms with E-state index in [-0.39, 0.29) is 6.61 Å². The number of aliphatic hydroxyl groups is 1. The molecule has 0 bridgehead atoms. The van der Waals surface area contributed by atoms with Crippen molar-refractivity contribution in [3.63, 3.8) is 0 Å².